The normalized spacial score (nSPS) is 12.9. The molecule has 0 aliphatic carbocycles. The molecule has 3 nitrogen and oxygen atoms in total. The summed E-state index contributed by atoms with van der Waals surface area (Å²) in [6, 6.07) is 6.52. The van der Waals surface area contributed by atoms with Crippen molar-refractivity contribution in [2.45, 2.75) is 19.5 Å². The topological polar surface area (TPSA) is 38.5 Å². The van der Waals surface area contributed by atoms with E-state index >= 15 is 0 Å². The van der Waals surface area contributed by atoms with Crippen LogP contribution in [0.5, 0.6) is 5.75 Å². The third-order valence-electron chi connectivity index (χ3n) is 2.74. The number of ether oxygens (including phenoxy) is 1. The minimum atomic E-state index is 0.390. The first kappa shape index (κ1) is 13.5. The van der Waals surface area contributed by atoms with E-state index in [0.29, 0.717) is 12.6 Å². The van der Waals surface area contributed by atoms with Crippen LogP contribution in [0.25, 0.3) is 0 Å². The van der Waals surface area contributed by atoms with Gasteiger partial charge in [0.2, 0.25) is 0 Å². The van der Waals surface area contributed by atoms with Crippen molar-refractivity contribution in [2.24, 2.45) is 5.73 Å². The molecule has 0 amide bonds. The standard InChI is InChI=1S/C12H19BrN2O/c1-9(7-14)15(2)8-10-4-5-12(16-3)11(13)6-10/h4-6,9H,7-8,14H2,1-3H3. The maximum atomic E-state index is 5.63. The van der Waals surface area contributed by atoms with Gasteiger partial charge in [-0.2, -0.15) is 0 Å². The predicted octanol–water partition coefficient (Wildman–Crippen LogP) is 2.24. The van der Waals surface area contributed by atoms with Crippen LogP contribution in [-0.4, -0.2) is 31.6 Å². The first-order valence-electron chi connectivity index (χ1n) is 5.31. The molecule has 16 heavy (non-hydrogen) atoms. The lowest BCUT2D eigenvalue weighted by atomic mass is 10.2. The van der Waals surface area contributed by atoms with E-state index in [0.717, 1.165) is 16.8 Å². The Labute approximate surface area is 106 Å². The molecule has 0 spiro atoms. The fourth-order valence-corrected chi connectivity index (χ4v) is 2.02. The van der Waals surface area contributed by atoms with Gasteiger partial charge in [0.05, 0.1) is 11.6 Å². The number of nitrogens with two attached hydrogens (primary N) is 1. The van der Waals surface area contributed by atoms with Crippen molar-refractivity contribution in [1.29, 1.82) is 0 Å². The third-order valence-corrected chi connectivity index (χ3v) is 3.36. The lowest BCUT2D eigenvalue weighted by molar-refractivity contribution is 0.254. The van der Waals surface area contributed by atoms with Crippen LogP contribution >= 0.6 is 15.9 Å². The van der Waals surface area contributed by atoms with Gasteiger partial charge in [-0.3, -0.25) is 4.90 Å². The van der Waals surface area contributed by atoms with Gasteiger partial charge in [0, 0.05) is 19.1 Å². The summed E-state index contributed by atoms with van der Waals surface area (Å²) in [7, 11) is 3.75. The smallest absolute Gasteiger partial charge is 0.133 e. The molecule has 0 heterocycles. The lowest BCUT2D eigenvalue weighted by Crippen LogP contribution is -2.34. The van der Waals surface area contributed by atoms with E-state index < -0.39 is 0 Å². The van der Waals surface area contributed by atoms with Crippen LogP contribution in [0, 0.1) is 0 Å². The van der Waals surface area contributed by atoms with Gasteiger partial charge in [0.1, 0.15) is 5.75 Å². The molecule has 0 saturated heterocycles. The van der Waals surface area contributed by atoms with Gasteiger partial charge in [-0.25, -0.2) is 0 Å². The molecule has 1 aromatic carbocycles. The Bertz CT molecular complexity index is 344. The lowest BCUT2D eigenvalue weighted by Gasteiger charge is -2.23. The van der Waals surface area contributed by atoms with Crippen LogP contribution in [-0.2, 0) is 6.54 Å². The predicted molar refractivity (Wildman–Crippen MR) is 70.7 cm³/mol. The molecule has 0 aliphatic rings. The van der Waals surface area contributed by atoms with Crippen molar-refractivity contribution in [3.8, 4) is 5.75 Å². The first-order valence-corrected chi connectivity index (χ1v) is 6.10. The molecule has 0 bridgehead atoms. The van der Waals surface area contributed by atoms with Crippen molar-refractivity contribution >= 4 is 15.9 Å². The number of hydrogen-bond donors (Lipinski definition) is 1. The Balaban J connectivity index is 2.71. The van der Waals surface area contributed by atoms with Crippen molar-refractivity contribution in [3.05, 3.63) is 28.2 Å². The monoisotopic (exact) mass is 286 g/mol. The number of benzene rings is 1. The molecule has 1 unspecified atom stereocenters. The molecule has 90 valence electrons. The van der Waals surface area contributed by atoms with E-state index in [1.54, 1.807) is 7.11 Å². The van der Waals surface area contributed by atoms with E-state index in [1.165, 1.54) is 5.56 Å². The van der Waals surface area contributed by atoms with Crippen LogP contribution in [0.1, 0.15) is 12.5 Å². The molecule has 0 aliphatic heterocycles. The maximum Gasteiger partial charge on any atom is 0.133 e. The minimum Gasteiger partial charge on any atom is -0.496 e. The summed E-state index contributed by atoms with van der Waals surface area (Å²) < 4.78 is 6.18. The third kappa shape index (κ3) is 3.47. The Morgan fingerprint density at radius 1 is 1.50 bits per heavy atom. The summed E-state index contributed by atoms with van der Waals surface area (Å²) in [5.74, 6) is 0.860. The summed E-state index contributed by atoms with van der Waals surface area (Å²) >= 11 is 3.48. The van der Waals surface area contributed by atoms with Gasteiger partial charge in [-0.05, 0) is 47.6 Å². The van der Waals surface area contributed by atoms with Crippen LogP contribution < -0.4 is 10.5 Å². The minimum absolute atomic E-state index is 0.390. The second-order valence-electron chi connectivity index (χ2n) is 3.97. The highest BCUT2D eigenvalue weighted by Crippen LogP contribution is 2.26. The van der Waals surface area contributed by atoms with Gasteiger partial charge < -0.3 is 10.5 Å². The average molecular weight is 287 g/mol. The molecule has 2 N–H and O–H groups in total. The van der Waals surface area contributed by atoms with E-state index in [1.807, 2.05) is 6.07 Å². The molecule has 1 rings (SSSR count). The SMILES string of the molecule is COc1ccc(CN(C)C(C)CN)cc1Br. The number of likely N-dealkylation sites (N-methyl/N-ethyl adjacent to an activating group) is 1. The van der Waals surface area contributed by atoms with E-state index in [4.69, 9.17) is 10.5 Å². The van der Waals surface area contributed by atoms with Crippen LogP contribution in [0.2, 0.25) is 0 Å². The molecular formula is C12H19BrN2O. The highest BCUT2D eigenvalue weighted by molar-refractivity contribution is 9.10. The quantitative estimate of drug-likeness (QED) is 0.902. The number of methoxy groups -OCH3 is 1. The van der Waals surface area contributed by atoms with Crippen molar-refractivity contribution in [1.82, 2.24) is 4.90 Å². The fourth-order valence-electron chi connectivity index (χ4n) is 1.43. The summed E-state index contributed by atoms with van der Waals surface area (Å²) in [6.07, 6.45) is 0. The molecule has 1 atom stereocenters. The Morgan fingerprint density at radius 3 is 2.69 bits per heavy atom. The Morgan fingerprint density at radius 2 is 2.19 bits per heavy atom. The number of nitrogens with zero attached hydrogens (tertiary/aromatic N) is 1. The largest absolute Gasteiger partial charge is 0.496 e. The van der Waals surface area contributed by atoms with E-state index in [-0.39, 0.29) is 0 Å². The number of rotatable bonds is 5. The van der Waals surface area contributed by atoms with Crippen molar-refractivity contribution in [2.75, 3.05) is 20.7 Å². The molecule has 0 aromatic heterocycles. The zero-order chi connectivity index (χ0) is 12.1. The van der Waals surface area contributed by atoms with Crippen molar-refractivity contribution in [3.63, 3.8) is 0 Å². The molecular weight excluding hydrogens is 268 g/mol. The summed E-state index contributed by atoms with van der Waals surface area (Å²) in [5, 5.41) is 0. The van der Waals surface area contributed by atoms with Gasteiger partial charge in [-0.15, -0.1) is 0 Å². The summed E-state index contributed by atoms with van der Waals surface area (Å²) in [5.41, 5.74) is 6.88. The molecule has 1 aromatic rings. The van der Waals surface area contributed by atoms with Gasteiger partial charge in [-0.1, -0.05) is 6.07 Å². The van der Waals surface area contributed by atoms with E-state index in [2.05, 4.69) is 46.9 Å². The maximum absolute atomic E-state index is 5.63. The van der Waals surface area contributed by atoms with Crippen LogP contribution in [0.15, 0.2) is 22.7 Å². The second kappa shape index (κ2) is 6.23. The average Bonchev–Trinajstić information content (AvgIpc) is 2.28. The Kier molecular flexibility index (Phi) is 5.25. The molecule has 0 fully saturated rings. The van der Waals surface area contributed by atoms with Crippen LogP contribution in [0.4, 0.5) is 0 Å². The Hall–Kier alpha value is -0.580. The zero-order valence-electron chi connectivity index (χ0n) is 10.0. The first-order chi connectivity index (χ1) is 7.58. The highest BCUT2D eigenvalue weighted by atomic mass is 79.9. The molecule has 4 heteroatoms. The number of hydrogen-bond acceptors (Lipinski definition) is 3. The zero-order valence-corrected chi connectivity index (χ0v) is 11.6. The second-order valence-corrected chi connectivity index (χ2v) is 4.82. The van der Waals surface area contributed by atoms with E-state index in [9.17, 15) is 0 Å². The molecule has 0 radical (unpaired) electrons. The molecule has 0 saturated carbocycles. The fraction of sp³-hybridized carbons (Fsp3) is 0.500. The highest BCUT2D eigenvalue weighted by Gasteiger charge is 2.08. The van der Waals surface area contributed by atoms with Crippen molar-refractivity contribution < 1.29 is 4.74 Å². The summed E-state index contributed by atoms with van der Waals surface area (Å²) in [4.78, 5) is 2.23. The van der Waals surface area contributed by atoms with Gasteiger partial charge in [0.25, 0.3) is 0 Å². The van der Waals surface area contributed by atoms with Gasteiger partial charge in [0.15, 0.2) is 0 Å². The van der Waals surface area contributed by atoms with Gasteiger partial charge >= 0.3 is 0 Å². The summed E-state index contributed by atoms with van der Waals surface area (Å²) in [6.45, 7) is 3.69. The number of halogens is 1. The van der Waals surface area contributed by atoms with Crippen LogP contribution in [0.3, 0.4) is 0 Å².